The lowest BCUT2D eigenvalue weighted by molar-refractivity contribution is -0.114. The van der Waals surface area contributed by atoms with Crippen molar-refractivity contribution in [2.45, 2.75) is 0 Å². The first kappa shape index (κ1) is 16.8. The van der Waals surface area contributed by atoms with E-state index in [-0.39, 0.29) is 18.4 Å². The van der Waals surface area contributed by atoms with E-state index in [1.807, 2.05) is 0 Å². The van der Waals surface area contributed by atoms with Gasteiger partial charge in [-0.05, 0) is 30.3 Å². The Morgan fingerprint density at radius 1 is 1.17 bits per heavy atom. The highest BCUT2D eigenvalue weighted by Gasteiger charge is 2.13. The van der Waals surface area contributed by atoms with E-state index in [0.29, 0.717) is 27.7 Å². The highest BCUT2D eigenvalue weighted by Crippen LogP contribution is 2.26. The first-order chi connectivity index (χ1) is 11.0. The standard InChI is InChI=1S/C16H16ClN3O3/c1-23-14-5-3-2-4-11(14)16(22)19-10-6-7-12(17)13(8-10)20-15(21)9-18/h2-8H,9,18H2,1H3,(H,19,22)(H,20,21). The summed E-state index contributed by atoms with van der Waals surface area (Å²) in [5, 5.41) is 5.64. The van der Waals surface area contributed by atoms with Gasteiger partial charge < -0.3 is 21.1 Å². The minimum atomic E-state index is -0.375. The highest BCUT2D eigenvalue weighted by atomic mass is 35.5. The van der Waals surface area contributed by atoms with Gasteiger partial charge in [-0.25, -0.2) is 0 Å². The number of hydrogen-bond acceptors (Lipinski definition) is 4. The Kier molecular flexibility index (Phi) is 5.56. The Bertz CT molecular complexity index is 734. The molecule has 0 saturated heterocycles. The number of carbonyl (C=O) groups is 2. The summed E-state index contributed by atoms with van der Waals surface area (Å²) in [4.78, 5) is 23.7. The molecule has 2 rings (SSSR count). The maximum atomic E-state index is 12.3. The molecule has 6 nitrogen and oxygen atoms in total. The third-order valence-corrected chi connectivity index (χ3v) is 3.36. The number of ether oxygens (including phenoxy) is 1. The SMILES string of the molecule is COc1ccccc1C(=O)Nc1ccc(Cl)c(NC(=O)CN)c1. The average molecular weight is 334 g/mol. The van der Waals surface area contributed by atoms with Crippen molar-refractivity contribution in [3.8, 4) is 5.75 Å². The van der Waals surface area contributed by atoms with E-state index in [4.69, 9.17) is 22.1 Å². The molecule has 0 aliphatic carbocycles. The third kappa shape index (κ3) is 4.21. The van der Waals surface area contributed by atoms with Gasteiger partial charge in [0.25, 0.3) is 5.91 Å². The molecular formula is C16H16ClN3O3. The number of hydrogen-bond donors (Lipinski definition) is 3. The molecule has 0 aliphatic heterocycles. The van der Waals surface area contributed by atoms with Gasteiger partial charge >= 0.3 is 0 Å². The normalized spacial score (nSPS) is 10.0. The lowest BCUT2D eigenvalue weighted by Crippen LogP contribution is -2.22. The van der Waals surface area contributed by atoms with Crippen molar-refractivity contribution in [1.82, 2.24) is 0 Å². The van der Waals surface area contributed by atoms with Gasteiger partial charge in [0, 0.05) is 5.69 Å². The van der Waals surface area contributed by atoms with E-state index in [9.17, 15) is 9.59 Å². The number of nitrogens with two attached hydrogens (primary N) is 1. The second-order valence-electron chi connectivity index (χ2n) is 4.60. The van der Waals surface area contributed by atoms with Gasteiger partial charge in [-0.2, -0.15) is 0 Å². The lowest BCUT2D eigenvalue weighted by atomic mass is 10.2. The van der Waals surface area contributed by atoms with Crippen LogP contribution in [0.2, 0.25) is 5.02 Å². The number of carbonyl (C=O) groups excluding carboxylic acids is 2. The molecule has 4 N–H and O–H groups in total. The maximum Gasteiger partial charge on any atom is 0.259 e. The fourth-order valence-electron chi connectivity index (χ4n) is 1.93. The topological polar surface area (TPSA) is 93.5 Å². The van der Waals surface area contributed by atoms with Crippen molar-refractivity contribution < 1.29 is 14.3 Å². The van der Waals surface area contributed by atoms with Gasteiger partial charge in [0.05, 0.1) is 29.9 Å². The van der Waals surface area contributed by atoms with Crippen LogP contribution in [-0.2, 0) is 4.79 Å². The molecule has 0 fully saturated rings. The summed E-state index contributed by atoms with van der Waals surface area (Å²) in [5.41, 5.74) is 6.52. The van der Waals surface area contributed by atoms with Crippen LogP contribution in [0.4, 0.5) is 11.4 Å². The summed E-state index contributed by atoms with van der Waals surface area (Å²) in [6, 6.07) is 11.6. The van der Waals surface area contributed by atoms with Crippen LogP contribution < -0.4 is 21.1 Å². The predicted molar refractivity (Wildman–Crippen MR) is 90.1 cm³/mol. The summed E-state index contributed by atoms with van der Waals surface area (Å²) in [6.07, 6.45) is 0. The maximum absolute atomic E-state index is 12.3. The molecule has 0 bridgehead atoms. The molecule has 0 saturated carbocycles. The minimum Gasteiger partial charge on any atom is -0.496 e. The van der Waals surface area contributed by atoms with Crippen LogP contribution in [-0.4, -0.2) is 25.5 Å². The number of anilines is 2. The zero-order valence-electron chi connectivity index (χ0n) is 12.4. The van der Waals surface area contributed by atoms with E-state index < -0.39 is 0 Å². The molecule has 0 spiro atoms. The Morgan fingerprint density at radius 3 is 2.61 bits per heavy atom. The van der Waals surface area contributed by atoms with E-state index in [0.717, 1.165) is 0 Å². The van der Waals surface area contributed by atoms with Crippen molar-refractivity contribution in [2.75, 3.05) is 24.3 Å². The molecule has 120 valence electrons. The molecule has 2 amide bonds. The van der Waals surface area contributed by atoms with E-state index in [1.54, 1.807) is 42.5 Å². The molecule has 23 heavy (non-hydrogen) atoms. The largest absolute Gasteiger partial charge is 0.496 e. The fourth-order valence-corrected chi connectivity index (χ4v) is 2.10. The number of halogens is 1. The van der Waals surface area contributed by atoms with Crippen molar-refractivity contribution in [3.63, 3.8) is 0 Å². The second kappa shape index (κ2) is 7.62. The van der Waals surface area contributed by atoms with Gasteiger partial charge in [-0.1, -0.05) is 23.7 Å². The quantitative estimate of drug-likeness (QED) is 0.783. The minimum absolute atomic E-state index is 0.159. The molecule has 0 unspecified atom stereocenters. The number of rotatable bonds is 5. The Labute approximate surface area is 138 Å². The summed E-state index contributed by atoms with van der Waals surface area (Å²) >= 11 is 6.01. The molecule has 2 aromatic carbocycles. The van der Waals surface area contributed by atoms with Crippen LogP contribution in [0.15, 0.2) is 42.5 Å². The summed E-state index contributed by atoms with van der Waals surface area (Å²) in [7, 11) is 1.49. The Balaban J connectivity index is 2.21. The molecule has 0 aromatic heterocycles. The first-order valence-corrected chi connectivity index (χ1v) is 7.16. The van der Waals surface area contributed by atoms with E-state index in [2.05, 4.69) is 10.6 Å². The van der Waals surface area contributed by atoms with Crippen molar-refractivity contribution >= 4 is 34.8 Å². The number of para-hydroxylation sites is 1. The van der Waals surface area contributed by atoms with Crippen molar-refractivity contribution in [1.29, 1.82) is 0 Å². The van der Waals surface area contributed by atoms with Gasteiger partial charge in [0.1, 0.15) is 5.75 Å². The van der Waals surface area contributed by atoms with Crippen molar-refractivity contribution in [2.24, 2.45) is 5.73 Å². The number of benzene rings is 2. The average Bonchev–Trinajstić information content (AvgIpc) is 2.57. The van der Waals surface area contributed by atoms with Gasteiger partial charge in [0.2, 0.25) is 5.91 Å². The molecule has 2 aromatic rings. The van der Waals surface area contributed by atoms with Crippen LogP contribution in [0.5, 0.6) is 5.75 Å². The summed E-state index contributed by atoms with van der Waals surface area (Å²) < 4.78 is 5.16. The fraction of sp³-hybridized carbons (Fsp3) is 0.125. The monoisotopic (exact) mass is 333 g/mol. The summed E-state index contributed by atoms with van der Waals surface area (Å²) in [6.45, 7) is -0.159. The molecule has 0 atom stereocenters. The number of methoxy groups -OCH3 is 1. The lowest BCUT2D eigenvalue weighted by Gasteiger charge is -2.11. The number of nitrogens with one attached hydrogen (secondary N) is 2. The third-order valence-electron chi connectivity index (χ3n) is 3.04. The van der Waals surface area contributed by atoms with Gasteiger partial charge in [0.15, 0.2) is 0 Å². The van der Waals surface area contributed by atoms with E-state index >= 15 is 0 Å². The van der Waals surface area contributed by atoms with Crippen LogP contribution in [0.25, 0.3) is 0 Å². The molecular weight excluding hydrogens is 318 g/mol. The second-order valence-corrected chi connectivity index (χ2v) is 5.01. The van der Waals surface area contributed by atoms with Crippen LogP contribution in [0.1, 0.15) is 10.4 Å². The van der Waals surface area contributed by atoms with Gasteiger partial charge in [-0.15, -0.1) is 0 Å². The van der Waals surface area contributed by atoms with Gasteiger partial charge in [-0.3, -0.25) is 9.59 Å². The molecule has 0 heterocycles. The van der Waals surface area contributed by atoms with E-state index in [1.165, 1.54) is 7.11 Å². The molecule has 0 aliphatic rings. The number of amides is 2. The van der Waals surface area contributed by atoms with Crippen molar-refractivity contribution in [3.05, 3.63) is 53.1 Å². The van der Waals surface area contributed by atoms with Crippen LogP contribution >= 0.6 is 11.6 Å². The van der Waals surface area contributed by atoms with Crippen LogP contribution in [0, 0.1) is 0 Å². The van der Waals surface area contributed by atoms with Crippen LogP contribution in [0.3, 0.4) is 0 Å². The Hall–Kier alpha value is -2.57. The predicted octanol–water partition coefficient (Wildman–Crippen LogP) is 2.50. The zero-order valence-corrected chi connectivity index (χ0v) is 13.2. The smallest absolute Gasteiger partial charge is 0.259 e. The highest BCUT2D eigenvalue weighted by molar-refractivity contribution is 6.34. The zero-order chi connectivity index (χ0) is 16.8. The molecule has 0 radical (unpaired) electrons. The molecule has 7 heteroatoms. The summed E-state index contributed by atoms with van der Waals surface area (Å²) in [5.74, 6) is -0.239. The Morgan fingerprint density at radius 2 is 1.91 bits per heavy atom. The first-order valence-electron chi connectivity index (χ1n) is 6.79.